The molecule has 0 spiro atoms. The minimum atomic E-state index is 1.30. The fourth-order valence-electron chi connectivity index (χ4n) is 0.558. The van der Waals surface area contributed by atoms with E-state index in [1.54, 1.807) is 6.20 Å². The third-order valence-corrected chi connectivity index (χ3v) is 1.26. The molecule has 0 amide bonds. The number of allylic oxidation sites excluding steroid dienone is 5. The van der Waals surface area contributed by atoms with Crippen molar-refractivity contribution >= 4 is 0 Å². The van der Waals surface area contributed by atoms with Crippen LogP contribution >= 0.6 is 0 Å². The number of hydrogen-bond acceptors (Lipinski definition) is 1. The van der Waals surface area contributed by atoms with E-state index in [0.29, 0.717) is 0 Å². The van der Waals surface area contributed by atoms with Gasteiger partial charge in [0.05, 0.1) is 0 Å². The van der Waals surface area contributed by atoms with Crippen molar-refractivity contribution in [2.24, 2.45) is 0 Å². The van der Waals surface area contributed by atoms with Crippen LogP contribution in [-0.4, -0.2) is 11.9 Å². The van der Waals surface area contributed by atoms with Gasteiger partial charge in [0.15, 0.2) is 0 Å². The van der Waals surface area contributed by atoms with Crippen LogP contribution in [0.1, 0.15) is 13.8 Å². The molecule has 0 saturated heterocycles. The fourth-order valence-corrected chi connectivity index (χ4v) is 0.558. The van der Waals surface area contributed by atoms with Crippen molar-refractivity contribution in [1.29, 1.82) is 0 Å². The van der Waals surface area contributed by atoms with E-state index in [1.165, 1.54) is 5.57 Å². The fraction of sp³-hybridized carbons (Fsp3) is 0.273. The van der Waals surface area contributed by atoms with Gasteiger partial charge < -0.3 is 4.90 Å². The average Bonchev–Trinajstić information content (AvgIpc) is 2.03. The SMILES string of the molecule is C=CN(C)C=CC=CC=C(C)C. The van der Waals surface area contributed by atoms with E-state index in [-0.39, 0.29) is 0 Å². The third-order valence-electron chi connectivity index (χ3n) is 1.26. The summed E-state index contributed by atoms with van der Waals surface area (Å²) >= 11 is 0. The summed E-state index contributed by atoms with van der Waals surface area (Å²) in [5.74, 6) is 0. The van der Waals surface area contributed by atoms with Crippen molar-refractivity contribution in [2.75, 3.05) is 7.05 Å². The molecule has 0 rings (SSSR count). The van der Waals surface area contributed by atoms with Crippen LogP contribution in [0.3, 0.4) is 0 Å². The normalized spacial score (nSPS) is 10.6. The first-order chi connectivity index (χ1) is 5.66. The highest BCUT2D eigenvalue weighted by molar-refractivity contribution is 5.14. The topological polar surface area (TPSA) is 3.24 Å². The van der Waals surface area contributed by atoms with Gasteiger partial charge in [0.2, 0.25) is 0 Å². The number of nitrogens with zero attached hydrogens (tertiary/aromatic N) is 1. The van der Waals surface area contributed by atoms with Gasteiger partial charge in [0, 0.05) is 13.2 Å². The summed E-state index contributed by atoms with van der Waals surface area (Å²) in [4.78, 5) is 1.90. The van der Waals surface area contributed by atoms with E-state index in [0.717, 1.165) is 0 Å². The largest absolute Gasteiger partial charge is 0.358 e. The molecule has 0 N–H and O–H groups in total. The molecule has 12 heavy (non-hydrogen) atoms. The second-order valence-corrected chi connectivity index (χ2v) is 2.82. The van der Waals surface area contributed by atoms with Crippen LogP contribution in [0, 0.1) is 0 Å². The summed E-state index contributed by atoms with van der Waals surface area (Å²) in [6.07, 6.45) is 11.8. The smallest absolute Gasteiger partial charge is 0.0106 e. The number of hydrogen-bond donors (Lipinski definition) is 0. The second kappa shape index (κ2) is 6.47. The van der Waals surface area contributed by atoms with Crippen LogP contribution in [0.4, 0.5) is 0 Å². The molecule has 0 saturated carbocycles. The molecule has 66 valence electrons. The predicted octanol–water partition coefficient (Wildman–Crippen LogP) is 3.10. The van der Waals surface area contributed by atoms with E-state index in [2.05, 4.69) is 26.5 Å². The Kier molecular flexibility index (Phi) is 5.80. The van der Waals surface area contributed by atoms with E-state index in [9.17, 15) is 0 Å². The Morgan fingerprint density at radius 3 is 2.33 bits per heavy atom. The lowest BCUT2D eigenvalue weighted by atomic mass is 10.3. The Morgan fingerprint density at radius 2 is 1.83 bits per heavy atom. The summed E-state index contributed by atoms with van der Waals surface area (Å²) in [6, 6.07) is 0. The lowest BCUT2D eigenvalue weighted by Crippen LogP contribution is -1.97. The molecule has 0 unspecified atom stereocenters. The first kappa shape index (κ1) is 10.8. The van der Waals surface area contributed by atoms with Crippen LogP contribution in [0.2, 0.25) is 0 Å². The molecule has 0 fully saturated rings. The van der Waals surface area contributed by atoms with Crippen molar-refractivity contribution < 1.29 is 0 Å². The van der Waals surface area contributed by atoms with Gasteiger partial charge in [-0.15, -0.1) is 0 Å². The highest BCUT2D eigenvalue weighted by atomic mass is 15.0. The molecule has 0 aliphatic heterocycles. The summed E-state index contributed by atoms with van der Waals surface area (Å²) in [7, 11) is 1.94. The lowest BCUT2D eigenvalue weighted by Gasteiger charge is -2.02. The first-order valence-corrected chi connectivity index (χ1v) is 3.99. The zero-order valence-electron chi connectivity index (χ0n) is 8.12. The van der Waals surface area contributed by atoms with E-state index >= 15 is 0 Å². The monoisotopic (exact) mass is 163 g/mol. The van der Waals surface area contributed by atoms with Gasteiger partial charge in [-0.2, -0.15) is 0 Å². The molecule has 1 nitrogen and oxygen atoms in total. The molecule has 0 aliphatic rings. The highest BCUT2D eigenvalue weighted by Crippen LogP contribution is 1.90. The van der Waals surface area contributed by atoms with Crippen molar-refractivity contribution in [1.82, 2.24) is 4.90 Å². The third kappa shape index (κ3) is 6.87. The van der Waals surface area contributed by atoms with Gasteiger partial charge in [-0.25, -0.2) is 0 Å². The van der Waals surface area contributed by atoms with Crippen molar-refractivity contribution in [3.05, 3.63) is 48.9 Å². The maximum absolute atomic E-state index is 3.63. The molecule has 0 aromatic heterocycles. The van der Waals surface area contributed by atoms with Crippen LogP contribution in [0.25, 0.3) is 0 Å². The Hall–Kier alpha value is -1.24. The molecular weight excluding hydrogens is 146 g/mol. The molecule has 0 aromatic carbocycles. The second-order valence-electron chi connectivity index (χ2n) is 2.82. The maximum atomic E-state index is 3.63. The average molecular weight is 163 g/mol. The highest BCUT2D eigenvalue weighted by Gasteiger charge is 1.74. The zero-order chi connectivity index (χ0) is 9.40. The van der Waals surface area contributed by atoms with Gasteiger partial charge in [0.1, 0.15) is 0 Å². The van der Waals surface area contributed by atoms with Gasteiger partial charge >= 0.3 is 0 Å². The van der Waals surface area contributed by atoms with Crippen LogP contribution in [0.15, 0.2) is 48.9 Å². The van der Waals surface area contributed by atoms with E-state index in [1.807, 2.05) is 36.4 Å². The van der Waals surface area contributed by atoms with Gasteiger partial charge in [-0.3, -0.25) is 0 Å². The first-order valence-electron chi connectivity index (χ1n) is 3.99. The Labute approximate surface area is 75.4 Å². The van der Waals surface area contributed by atoms with Crippen molar-refractivity contribution in [3.63, 3.8) is 0 Å². The van der Waals surface area contributed by atoms with Crippen LogP contribution in [0.5, 0.6) is 0 Å². The molecule has 0 atom stereocenters. The van der Waals surface area contributed by atoms with Crippen molar-refractivity contribution in [3.8, 4) is 0 Å². The van der Waals surface area contributed by atoms with Crippen molar-refractivity contribution in [2.45, 2.75) is 13.8 Å². The molecule has 0 heterocycles. The minimum absolute atomic E-state index is 1.30. The standard InChI is InChI=1S/C11H17N/c1-5-12(4)10-8-6-7-9-11(2)3/h5-10H,1H2,2-4H3. The minimum Gasteiger partial charge on any atom is -0.358 e. The molecule has 0 aromatic rings. The molecular formula is C11H17N. The van der Waals surface area contributed by atoms with Crippen LogP contribution in [-0.2, 0) is 0 Å². The van der Waals surface area contributed by atoms with E-state index in [4.69, 9.17) is 0 Å². The Bertz CT molecular complexity index is 205. The number of rotatable bonds is 4. The molecule has 0 bridgehead atoms. The van der Waals surface area contributed by atoms with Crippen LogP contribution < -0.4 is 0 Å². The Balaban J connectivity index is 3.81. The summed E-state index contributed by atoms with van der Waals surface area (Å²) in [6.45, 7) is 7.77. The zero-order valence-corrected chi connectivity index (χ0v) is 8.12. The molecule has 0 radical (unpaired) electrons. The summed E-state index contributed by atoms with van der Waals surface area (Å²) in [5, 5.41) is 0. The lowest BCUT2D eigenvalue weighted by molar-refractivity contribution is 0.628. The Morgan fingerprint density at radius 1 is 1.17 bits per heavy atom. The quantitative estimate of drug-likeness (QED) is 0.576. The van der Waals surface area contributed by atoms with Gasteiger partial charge in [-0.05, 0) is 26.1 Å². The summed E-state index contributed by atoms with van der Waals surface area (Å²) < 4.78 is 0. The van der Waals surface area contributed by atoms with Gasteiger partial charge in [0.25, 0.3) is 0 Å². The molecule has 0 aliphatic carbocycles. The van der Waals surface area contributed by atoms with E-state index < -0.39 is 0 Å². The maximum Gasteiger partial charge on any atom is 0.0106 e. The summed E-state index contributed by atoms with van der Waals surface area (Å²) in [5.41, 5.74) is 1.30. The van der Waals surface area contributed by atoms with Gasteiger partial charge in [-0.1, -0.05) is 30.4 Å². The molecule has 1 heteroatoms. The predicted molar refractivity (Wildman–Crippen MR) is 55.7 cm³/mol.